The third-order valence-corrected chi connectivity index (χ3v) is 9.39. The van der Waals surface area contributed by atoms with Crippen LogP contribution in [0.15, 0.2) is 78.3 Å². The lowest BCUT2D eigenvalue weighted by molar-refractivity contribution is -0.157. The maximum Gasteiger partial charge on any atom is 0.245 e. The third kappa shape index (κ3) is 6.34. The van der Waals surface area contributed by atoms with E-state index in [-0.39, 0.29) is 41.4 Å². The van der Waals surface area contributed by atoms with E-state index in [9.17, 15) is 19.2 Å². The number of aryl methyl sites for hydroxylation is 1. The van der Waals surface area contributed by atoms with Gasteiger partial charge in [0.1, 0.15) is 17.9 Å². The molecule has 1 aromatic heterocycles. The maximum atomic E-state index is 13.7. The minimum Gasteiger partial charge on any atom is -0.384 e. The summed E-state index contributed by atoms with van der Waals surface area (Å²) in [6.45, 7) is 0.382. The quantitative estimate of drug-likeness (QED) is 0.133. The molecule has 2 saturated heterocycles. The molecule has 0 bridgehead atoms. The number of benzene rings is 3. The Kier molecular flexibility index (Phi) is 8.70. The van der Waals surface area contributed by atoms with Crippen molar-refractivity contribution in [3.05, 3.63) is 100 Å². The number of ketones is 1. The molecule has 230 valence electrons. The van der Waals surface area contributed by atoms with Crippen molar-refractivity contribution in [3.8, 4) is 0 Å². The number of piperazine rings is 1. The molecule has 0 radical (unpaired) electrons. The zero-order valence-corrected chi connectivity index (χ0v) is 25.5. The summed E-state index contributed by atoms with van der Waals surface area (Å²) in [4.78, 5) is 61.2. The molecule has 6 rings (SSSR count). The number of nitrogens with one attached hydrogen (secondary N) is 2. The second-order valence-corrected chi connectivity index (χ2v) is 12.4. The molecule has 2 aliphatic heterocycles. The van der Waals surface area contributed by atoms with E-state index in [1.54, 1.807) is 34.5 Å². The average molecular weight is 623 g/mol. The Bertz CT molecular complexity index is 1770. The number of hydrogen-bond donors (Lipinski definition) is 3. The summed E-state index contributed by atoms with van der Waals surface area (Å²) in [7, 11) is 0. The van der Waals surface area contributed by atoms with E-state index in [1.807, 2.05) is 18.2 Å². The van der Waals surface area contributed by atoms with Crippen molar-refractivity contribution in [2.45, 2.75) is 50.2 Å². The minimum absolute atomic E-state index is 0.0754. The Morgan fingerprint density at radius 1 is 1.07 bits per heavy atom. The molecular weight excluding hydrogens is 588 g/mol. The Balaban J connectivity index is 1.12. The van der Waals surface area contributed by atoms with Gasteiger partial charge in [-0.3, -0.25) is 24.6 Å². The Morgan fingerprint density at radius 3 is 2.67 bits per heavy atom. The Labute approximate surface area is 264 Å². The number of carbonyl (C=O) groups excluding carboxylic acids is 4. The largest absolute Gasteiger partial charge is 0.384 e. The maximum absolute atomic E-state index is 13.7. The first kappa shape index (κ1) is 30.1. The minimum atomic E-state index is -0.953. The van der Waals surface area contributed by atoms with Crippen LogP contribution in [-0.4, -0.2) is 75.3 Å². The van der Waals surface area contributed by atoms with Crippen LogP contribution in [0, 0.1) is 5.41 Å². The molecule has 1 unspecified atom stereocenters. The predicted octanol–water partition coefficient (Wildman–Crippen LogP) is 3.33. The van der Waals surface area contributed by atoms with Crippen LogP contribution in [0.3, 0.4) is 0 Å². The van der Waals surface area contributed by atoms with Crippen molar-refractivity contribution in [3.63, 3.8) is 0 Å². The molecular formula is C34H34N6O4S. The van der Waals surface area contributed by atoms with Gasteiger partial charge in [-0.1, -0.05) is 60.7 Å². The zero-order valence-electron chi connectivity index (χ0n) is 24.6. The number of nitrogens with two attached hydrogens (primary N) is 1. The second kappa shape index (κ2) is 13.0. The molecule has 11 heteroatoms. The normalized spacial score (nSPS) is 18.6. The number of nitrogens with zero attached hydrogens (tertiary/aromatic N) is 3. The number of hydrogen-bond acceptors (Lipinski definition) is 7. The van der Waals surface area contributed by atoms with Gasteiger partial charge in [0, 0.05) is 30.1 Å². The molecule has 4 N–H and O–H groups in total. The SMILES string of the molecule is N=C(N)c1cccc(CC(NC(=O)[C@@H]2CC[C@H]3C(=O)N(CCCc4cccc5ccccc45)CC(=O)N23)C(=O)c2nccs2)c1. The molecule has 4 aromatic rings. The van der Waals surface area contributed by atoms with Gasteiger partial charge in [0.05, 0.1) is 12.6 Å². The molecule has 0 spiro atoms. The van der Waals surface area contributed by atoms with Crippen molar-refractivity contribution in [1.29, 1.82) is 5.41 Å². The van der Waals surface area contributed by atoms with Gasteiger partial charge in [0.2, 0.25) is 23.5 Å². The lowest BCUT2D eigenvalue weighted by atomic mass is 9.99. The summed E-state index contributed by atoms with van der Waals surface area (Å²) >= 11 is 1.18. The van der Waals surface area contributed by atoms with Crippen molar-refractivity contribution < 1.29 is 19.2 Å². The van der Waals surface area contributed by atoms with Crippen molar-refractivity contribution >= 4 is 51.4 Å². The number of thiazole rings is 1. The smallest absolute Gasteiger partial charge is 0.245 e. The highest BCUT2D eigenvalue weighted by molar-refractivity contribution is 7.11. The summed E-state index contributed by atoms with van der Waals surface area (Å²) in [6.07, 6.45) is 3.89. The highest BCUT2D eigenvalue weighted by atomic mass is 32.1. The number of carbonyl (C=O) groups is 4. The zero-order chi connectivity index (χ0) is 31.5. The summed E-state index contributed by atoms with van der Waals surface area (Å²) in [5, 5.41) is 14.9. The Hall–Kier alpha value is -4.90. The van der Waals surface area contributed by atoms with Crippen LogP contribution in [0.1, 0.15) is 45.8 Å². The summed E-state index contributed by atoms with van der Waals surface area (Å²) in [6, 6.07) is 18.9. The van der Waals surface area contributed by atoms with E-state index in [0.717, 1.165) is 12.8 Å². The molecule has 3 heterocycles. The first-order chi connectivity index (χ1) is 21.8. The van der Waals surface area contributed by atoms with Crippen LogP contribution in [0.25, 0.3) is 10.8 Å². The molecule has 0 saturated carbocycles. The van der Waals surface area contributed by atoms with Crippen LogP contribution in [0.5, 0.6) is 0 Å². The molecule has 45 heavy (non-hydrogen) atoms. The predicted molar refractivity (Wildman–Crippen MR) is 172 cm³/mol. The highest BCUT2D eigenvalue weighted by Crippen LogP contribution is 2.30. The monoisotopic (exact) mass is 622 g/mol. The molecule has 3 atom stereocenters. The number of nitrogen functional groups attached to an aromatic ring is 1. The van der Waals surface area contributed by atoms with Crippen LogP contribution in [-0.2, 0) is 27.2 Å². The van der Waals surface area contributed by atoms with Gasteiger partial charge >= 0.3 is 0 Å². The van der Waals surface area contributed by atoms with Crippen molar-refractivity contribution in [2.24, 2.45) is 5.73 Å². The van der Waals surface area contributed by atoms with E-state index in [2.05, 4.69) is 34.6 Å². The van der Waals surface area contributed by atoms with Gasteiger partial charge in [0.15, 0.2) is 5.01 Å². The lowest BCUT2D eigenvalue weighted by Crippen LogP contribution is -2.62. The van der Waals surface area contributed by atoms with Crippen molar-refractivity contribution in [2.75, 3.05) is 13.1 Å². The third-order valence-electron chi connectivity index (χ3n) is 8.61. The van der Waals surface area contributed by atoms with Gasteiger partial charge in [-0.15, -0.1) is 11.3 Å². The fraction of sp³-hybridized carbons (Fsp3) is 0.294. The topological polar surface area (TPSA) is 150 Å². The van der Waals surface area contributed by atoms with Gasteiger partial charge in [-0.05, 0) is 53.6 Å². The molecule has 2 aliphatic rings. The van der Waals surface area contributed by atoms with Crippen LogP contribution >= 0.6 is 11.3 Å². The molecule has 2 fully saturated rings. The number of aromatic nitrogens is 1. The van der Waals surface area contributed by atoms with Gasteiger partial charge < -0.3 is 20.9 Å². The standard InChI is InChI=1S/C34H34N6O4S/c35-31(36)24-10-3-6-21(18-24)19-26(30(42)33-37-15-17-45-33)38-32(43)27-13-14-28-34(44)39(20-29(41)40(27)28)16-5-11-23-9-4-8-22-7-1-2-12-25(22)23/h1-4,6-10,12,15,17-18,26-28H,5,11,13-14,16,19-20H2,(H3,35,36)(H,38,43)/t26?,27-,28-/m0/s1. The average Bonchev–Trinajstić information content (AvgIpc) is 3.75. The number of rotatable bonds is 11. The van der Waals surface area contributed by atoms with E-state index in [4.69, 9.17) is 11.1 Å². The summed E-state index contributed by atoms with van der Waals surface area (Å²) in [5.74, 6) is -1.32. The van der Waals surface area contributed by atoms with Crippen LogP contribution in [0.4, 0.5) is 0 Å². The van der Waals surface area contributed by atoms with E-state index < -0.39 is 24.0 Å². The van der Waals surface area contributed by atoms with Crippen molar-refractivity contribution in [1.82, 2.24) is 20.1 Å². The first-order valence-electron chi connectivity index (χ1n) is 15.0. The fourth-order valence-corrected chi connectivity index (χ4v) is 7.06. The van der Waals surface area contributed by atoms with Crippen LogP contribution < -0.4 is 11.1 Å². The molecule has 0 aliphatic carbocycles. The Morgan fingerprint density at radius 2 is 1.87 bits per heavy atom. The second-order valence-electron chi connectivity index (χ2n) is 11.5. The number of Topliss-reactive ketones (excluding diaryl/α,β-unsaturated/α-hetero) is 1. The van der Waals surface area contributed by atoms with Gasteiger partial charge in [0.25, 0.3) is 0 Å². The first-order valence-corrected chi connectivity index (χ1v) is 15.9. The van der Waals surface area contributed by atoms with Gasteiger partial charge in [-0.25, -0.2) is 4.98 Å². The summed E-state index contributed by atoms with van der Waals surface area (Å²) in [5.41, 5.74) is 8.08. The summed E-state index contributed by atoms with van der Waals surface area (Å²) < 4.78 is 0. The molecule has 3 amide bonds. The molecule has 10 nitrogen and oxygen atoms in total. The van der Waals surface area contributed by atoms with E-state index in [1.165, 1.54) is 38.8 Å². The number of amides is 3. The van der Waals surface area contributed by atoms with E-state index in [0.29, 0.717) is 30.5 Å². The van der Waals surface area contributed by atoms with Gasteiger partial charge in [-0.2, -0.15) is 0 Å². The lowest BCUT2D eigenvalue weighted by Gasteiger charge is -2.38. The number of amidine groups is 1. The number of fused-ring (bicyclic) bond motifs is 2. The van der Waals surface area contributed by atoms with Crippen LogP contribution in [0.2, 0.25) is 0 Å². The molecule has 3 aromatic carbocycles. The van der Waals surface area contributed by atoms with E-state index >= 15 is 0 Å². The fourth-order valence-electron chi connectivity index (χ4n) is 6.43. The highest BCUT2D eigenvalue weighted by Gasteiger charge is 2.49.